The zero-order valence-corrected chi connectivity index (χ0v) is 12.0. The second-order valence-electron chi connectivity index (χ2n) is 5.44. The maximum atomic E-state index is 14.2. The van der Waals surface area contributed by atoms with Gasteiger partial charge in [0, 0.05) is 13.1 Å². The molecule has 108 valence electrons. The van der Waals surface area contributed by atoms with Gasteiger partial charge in [-0.1, -0.05) is 6.92 Å². The highest BCUT2D eigenvalue weighted by Crippen LogP contribution is 2.23. The number of anilines is 1. The predicted octanol–water partition coefficient (Wildman–Crippen LogP) is 2.91. The summed E-state index contributed by atoms with van der Waals surface area (Å²) in [5, 5.41) is 12.2. The van der Waals surface area contributed by atoms with Crippen molar-refractivity contribution in [2.24, 2.45) is 5.92 Å². The van der Waals surface area contributed by atoms with Crippen molar-refractivity contribution in [2.45, 2.75) is 26.2 Å². The summed E-state index contributed by atoms with van der Waals surface area (Å²) in [6.07, 6.45) is 3.38. The van der Waals surface area contributed by atoms with Gasteiger partial charge < -0.3 is 10.2 Å². The van der Waals surface area contributed by atoms with Crippen molar-refractivity contribution in [3.8, 4) is 6.07 Å². The lowest BCUT2D eigenvalue weighted by Crippen LogP contribution is -2.39. The molecule has 0 aliphatic carbocycles. The molecule has 1 atom stereocenters. The zero-order valence-electron chi connectivity index (χ0n) is 12.0. The SMILES string of the molecule is CCCN(CC1CCCNC1)c1ccc(C#N)cc1F. The van der Waals surface area contributed by atoms with E-state index in [1.807, 2.05) is 6.07 Å². The van der Waals surface area contributed by atoms with E-state index in [4.69, 9.17) is 5.26 Å². The fourth-order valence-corrected chi connectivity index (χ4v) is 2.80. The maximum Gasteiger partial charge on any atom is 0.147 e. The summed E-state index contributed by atoms with van der Waals surface area (Å²) in [5.41, 5.74) is 0.999. The second-order valence-corrected chi connectivity index (χ2v) is 5.44. The zero-order chi connectivity index (χ0) is 14.4. The molecule has 4 heteroatoms. The van der Waals surface area contributed by atoms with Crippen LogP contribution < -0.4 is 10.2 Å². The van der Waals surface area contributed by atoms with Crippen LogP contribution in [0, 0.1) is 23.1 Å². The molecular formula is C16H22FN3. The Bertz CT molecular complexity index is 475. The van der Waals surface area contributed by atoms with Crippen LogP contribution in [0.15, 0.2) is 18.2 Å². The summed E-state index contributed by atoms with van der Waals surface area (Å²) in [6.45, 7) is 5.93. The number of nitrogens with one attached hydrogen (secondary N) is 1. The van der Waals surface area contributed by atoms with E-state index in [1.165, 1.54) is 18.9 Å². The number of rotatable bonds is 5. The molecule has 1 aliphatic heterocycles. The van der Waals surface area contributed by atoms with Gasteiger partial charge in [0.25, 0.3) is 0 Å². The lowest BCUT2D eigenvalue weighted by molar-refractivity contribution is 0.375. The molecule has 1 heterocycles. The van der Waals surface area contributed by atoms with Crippen molar-refractivity contribution in [3.05, 3.63) is 29.6 Å². The third kappa shape index (κ3) is 3.71. The molecule has 3 nitrogen and oxygen atoms in total. The van der Waals surface area contributed by atoms with E-state index in [0.717, 1.165) is 32.6 Å². The molecule has 2 rings (SSSR count). The van der Waals surface area contributed by atoms with Gasteiger partial charge in [-0.3, -0.25) is 0 Å². The van der Waals surface area contributed by atoms with Gasteiger partial charge >= 0.3 is 0 Å². The van der Waals surface area contributed by atoms with Gasteiger partial charge in [0.1, 0.15) is 5.82 Å². The Labute approximate surface area is 120 Å². The largest absolute Gasteiger partial charge is 0.369 e. The van der Waals surface area contributed by atoms with Crippen molar-refractivity contribution < 1.29 is 4.39 Å². The Morgan fingerprint density at radius 3 is 2.95 bits per heavy atom. The van der Waals surface area contributed by atoms with Crippen LogP contribution in [0.2, 0.25) is 0 Å². The van der Waals surface area contributed by atoms with Gasteiger partial charge in [0.2, 0.25) is 0 Å². The Kier molecular flexibility index (Phi) is 5.37. The summed E-state index contributed by atoms with van der Waals surface area (Å²) in [6, 6.07) is 6.74. The number of nitrogens with zero attached hydrogens (tertiary/aromatic N) is 2. The van der Waals surface area contributed by atoms with E-state index in [1.54, 1.807) is 12.1 Å². The minimum atomic E-state index is -0.290. The number of piperidine rings is 1. The number of nitriles is 1. The van der Waals surface area contributed by atoms with Crippen LogP contribution in [0.25, 0.3) is 0 Å². The summed E-state index contributed by atoms with van der Waals surface area (Å²) in [7, 11) is 0. The molecule has 1 saturated heterocycles. The smallest absolute Gasteiger partial charge is 0.147 e. The van der Waals surface area contributed by atoms with E-state index < -0.39 is 0 Å². The minimum absolute atomic E-state index is 0.290. The Balaban J connectivity index is 2.12. The van der Waals surface area contributed by atoms with Gasteiger partial charge in [0.15, 0.2) is 0 Å². The molecular weight excluding hydrogens is 253 g/mol. The molecule has 0 spiro atoms. The number of hydrogen-bond acceptors (Lipinski definition) is 3. The minimum Gasteiger partial charge on any atom is -0.369 e. The Morgan fingerprint density at radius 2 is 2.35 bits per heavy atom. The standard InChI is InChI=1S/C16H22FN3/c1-2-8-20(12-14-4-3-7-19-11-14)16-6-5-13(10-18)9-15(16)17/h5-6,9,14,19H,2-4,7-8,11-12H2,1H3. The lowest BCUT2D eigenvalue weighted by atomic mass is 9.98. The highest BCUT2D eigenvalue weighted by Gasteiger charge is 2.19. The van der Waals surface area contributed by atoms with Crippen LogP contribution in [-0.4, -0.2) is 26.2 Å². The maximum absolute atomic E-state index is 14.2. The fraction of sp³-hybridized carbons (Fsp3) is 0.562. The van der Waals surface area contributed by atoms with Crippen LogP contribution in [0.4, 0.5) is 10.1 Å². The van der Waals surface area contributed by atoms with Crippen molar-refractivity contribution in [1.29, 1.82) is 5.26 Å². The van der Waals surface area contributed by atoms with Gasteiger partial charge in [-0.25, -0.2) is 4.39 Å². The fourth-order valence-electron chi connectivity index (χ4n) is 2.80. The first-order valence-corrected chi connectivity index (χ1v) is 7.40. The van der Waals surface area contributed by atoms with Crippen molar-refractivity contribution in [1.82, 2.24) is 5.32 Å². The molecule has 0 radical (unpaired) electrons. The number of benzene rings is 1. The average molecular weight is 275 g/mol. The van der Waals surface area contributed by atoms with Crippen LogP contribution in [0.1, 0.15) is 31.7 Å². The molecule has 1 fully saturated rings. The third-order valence-electron chi connectivity index (χ3n) is 3.79. The van der Waals surface area contributed by atoms with Crippen molar-refractivity contribution >= 4 is 5.69 Å². The van der Waals surface area contributed by atoms with Crippen molar-refractivity contribution in [3.63, 3.8) is 0 Å². The van der Waals surface area contributed by atoms with Gasteiger partial charge in [0.05, 0.1) is 17.3 Å². The van der Waals surface area contributed by atoms with E-state index in [2.05, 4.69) is 17.1 Å². The quantitative estimate of drug-likeness (QED) is 0.898. The van der Waals surface area contributed by atoms with Crippen LogP contribution in [-0.2, 0) is 0 Å². The molecule has 1 unspecified atom stereocenters. The molecule has 1 aliphatic rings. The highest BCUT2D eigenvalue weighted by atomic mass is 19.1. The first-order chi connectivity index (χ1) is 9.74. The van der Waals surface area contributed by atoms with Crippen LogP contribution in [0.3, 0.4) is 0 Å². The van der Waals surface area contributed by atoms with E-state index >= 15 is 0 Å². The van der Waals surface area contributed by atoms with E-state index in [9.17, 15) is 4.39 Å². The predicted molar refractivity (Wildman–Crippen MR) is 79.2 cm³/mol. The summed E-state index contributed by atoms with van der Waals surface area (Å²) < 4.78 is 14.2. The lowest BCUT2D eigenvalue weighted by Gasteiger charge is -2.31. The van der Waals surface area contributed by atoms with Crippen LogP contribution in [0.5, 0.6) is 0 Å². The summed E-state index contributed by atoms with van der Waals surface area (Å²) in [4.78, 5) is 2.12. The highest BCUT2D eigenvalue weighted by molar-refractivity contribution is 5.51. The topological polar surface area (TPSA) is 39.1 Å². The van der Waals surface area contributed by atoms with Gasteiger partial charge in [-0.05, 0) is 56.5 Å². The van der Waals surface area contributed by atoms with Gasteiger partial charge in [-0.15, -0.1) is 0 Å². The van der Waals surface area contributed by atoms with Crippen LogP contribution >= 0.6 is 0 Å². The average Bonchev–Trinajstić information content (AvgIpc) is 2.48. The number of halogens is 1. The molecule has 0 aromatic heterocycles. The Morgan fingerprint density at radius 1 is 1.50 bits per heavy atom. The molecule has 1 N–H and O–H groups in total. The Hall–Kier alpha value is -1.60. The van der Waals surface area contributed by atoms with E-state index in [0.29, 0.717) is 17.2 Å². The molecule has 1 aromatic carbocycles. The first-order valence-electron chi connectivity index (χ1n) is 7.40. The normalized spacial score (nSPS) is 18.6. The monoisotopic (exact) mass is 275 g/mol. The number of hydrogen-bond donors (Lipinski definition) is 1. The third-order valence-corrected chi connectivity index (χ3v) is 3.79. The van der Waals surface area contributed by atoms with E-state index in [-0.39, 0.29) is 5.82 Å². The first kappa shape index (κ1) is 14.8. The molecule has 0 bridgehead atoms. The van der Waals surface area contributed by atoms with Gasteiger partial charge in [-0.2, -0.15) is 5.26 Å². The molecule has 1 aromatic rings. The second kappa shape index (κ2) is 7.25. The molecule has 0 saturated carbocycles. The molecule has 20 heavy (non-hydrogen) atoms. The molecule has 0 amide bonds. The summed E-state index contributed by atoms with van der Waals surface area (Å²) in [5.74, 6) is 0.284. The van der Waals surface area contributed by atoms with Crippen molar-refractivity contribution in [2.75, 3.05) is 31.1 Å². The summed E-state index contributed by atoms with van der Waals surface area (Å²) >= 11 is 0.